The lowest BCUT2D eigenvalue weighted by Gasteiger charge is -2.34. The molecule has 1 fully saturated rings. The molecular weight excluding hydrogens is 226 g/mol. The third-order valence-electron chi connectivity index (χ3n) is 3.46. The van der Waals surface area contributed by atoms with E-state index in [0.717, 1.165) is 51.6 Å². The lowest BCUT2D eigenvalue weighted by molar-refractivity contribution is 0.0938. The zero-order valence-electron chi connectivity index (χ0n) is 11.4. The Kier molecular flexibility index (Phi) is 5.11. The monoisotopic (exact) mass is 249 g/mol. The van der Waals surface area contributed by atoms with E-state index in [9.17, 15) is 0 Å². The van der Waals surface area contributed by atoms with Crippen LogP contribution in [0.25, 0.3) is 0 Å². The van der Waals surface area contributed by atoms with E-state index in [0.29, 0.717) is 0 Å². The number of hydrogen-bond acceptors (Lipinski definition) is 4. The standard InChI is InChI=1S/C14H23N3O/c1-13-3-4-14(11-15-13)12-17-7-5-16(6-8-17)9-10-18-2/h3-4,11H,5-10,12H2,1-2H3. The van der Waals surface area contributed by atoms with Crippen molar-refractivity contribution in [2.24, 2.45) is 0 Å². The van der Waals surface area contributed by atoms with E-state index in [-0.39, 0.29) is 0 Å². The minimum atomic E-state index is 0.835. The van der Waals surface area contributed by atoms with Gasteiger partial charge in [-0.25, -0.2) is 0 Å². The maximum atomic E-state index is 5.11. The molecule has 0 aliphatic carbocycles. The van der Waals surface area contributed by atoms with Crippen molar-refractivity contribution < 1.29 is 4.74 Å². The molecule has 0 N–H and O–H groups in total. The van der Waals surface area contributed by atoms with Gasteiger partial charge in [-0.2, -0.15) is 0 Å². The maximum Gasteiger partial charge on any atom is 0.0589 e. The summed E-state index contributed by atoms with van der Waals surface area (Å²) in [5.41, 5.74) is 2.40. The van der Waals surface area contributed by atoms with Crippen LogP contribution in [0.5, 0.6) is 0 Å². The summed E-state index contributed by atoms with van der Waals surface area (Å²) < 4.78 is 5.11. The molecule has 1 aliphatic heterocycles. The SMILES string of the molecule is COCCN1CCN(Cc2ccc(C)nc2)CC1. The average Bonchev–Trinajstić information content (AvgIpc) is 2.41. The van der Waals surface area contributed by atoms with Crippen molar-refractivity contribution in [3.05, 3.63) is 29.6 Å². The largest absolute Gasteiger partial charge is 0.383 e. The van der Waals surface area contributed by atoms with Gasteiger partial charge < -0.3 is 4.74 Å². The summed E-state index contributed by atoms with van der Waals surface area (Å²) in [6, 6.07) is 4.27. The Morgan fingerprint density at radius 3 is 2.50 bits per heavy atom. The molecule has 1 aromatic heterocycles. The van der Waals surface area contributed by atoms with Gasteiger partial charge in [-0.15, -0.1) is 0 Å². The van der Waals surface area contributed by atoms with E-state index in [2.05, 4.69) is 26.9 Å². The quantitative estimate of drug-likeness (QED) is 0.783. The van der Waals surface area contributed by atoms with Gasteiger partial charge in [-0.1, -0.05) is 6.07 Å². The van der Waals surface area contributed by atoms with Crippen molar-refractivity contribution >= 4 is 0 Å². The van der Waals surface area contributed by atoms with E-state index >= 15 is 0 Å². The van der Waals surface area contributed by atoms with Crippen LogP contribution in [0.1, 0.15) is 11.3 Å². The van der Waals surface area contributed by atoms with Gasteiger partial charge in [0.2, 0.25) is 0 Å². The minimum absolute atomic E-state index is 0.835. The number of pyridine rings is 1. The molecule has 0 bridgehead atoms. The first-order valence-corrected chi connectivity index (χ1v) is 6.63. The van der Waals surface area contributed by atoms with Crippen LogP contribution >= 0.6 is 0 Å². The van der Waals surface area contributed by atoms with E-state index in [1.54, 1.807) is 7.11 Å². The van der Waals surface area contributed by atoms with Crippen molar-refractivity contribution in [1.82, 2.24) is 14.8 Å². The molecule has 0 amide bonds. The summed E-state index contributed by atoms with van der Waals surface area (Å²) in [5, 5.41) is 0. The molecule has 100 valence electrons. The van der Waals surface area contributed by atoms with Crippen LogP contribution in [-0.4, -0.2) is 61.2 Å². The zero-order valence-corrected chi connectivity index (χ0v) is 11.4. The second-order valence-corrected chi connectivity index (χ2v) is 4.92. The van der Waals surface area contributed by atoms with Crippen LogP contribution < -0.4 is 0 Å². The number of piperazine rings is 1. The molecule has 1 aliphatic rings. The second kappa shape index (κ2) is 6.83. The van der Waals surface area contributed by atoms with E-state index in [1.165, 1.54) is 5.56 Å². The van der Waals surface area contributed by atoms with Gasteiger partial charge in [0.05, 0.1) is 6.61 Å². The summed E-state index contributed by atoms with van der Waals surface area (Å²) in [6.07, 6.45) is 1.99. The number of nitrogens with zero attached hydrogens (tertiary/aromatic N) is 3. The molecule has 1 saturated heterocycles. The van der Waals surface area contributed by atoms with Gasteiger partial charge in [0.25, 0.3) is 0 Å². The normalized spacial score (nSPS) is 18.1. The summed E-state index contributed by atoms with van der Waals surface area (Å²) in [4.78, 5) is 9.31. The van der Waals surface area contributed by atoms with E-state index in [4.69, 9.17) is 4.74 Å². The third-order valence-corrected chi connectivity index (χ3v) is 3.46. The van der Waals surface area contributed by atoms with Crippen LogP contribution in [0, 0.1) is 6.92 Å². The molecule has 4 heteroatoms. The molecule has 18 heavy (non-hydrogen) atoms. The lowest BCUT2D eigenvalue weighted by atomic mass is 10.2. The average molecular weight is 249 g/mol. The highest BCUT2D eigenvalue weighted by molar-refractivity contribution is 5.13. The fraction of sp³-hybridized carbons (Fsp3) is 0.643. The number of hydrogen-bond donors (Lipinski definition) is 0. The van der Waals surface area contributed by atoms with Gasteiger partial charge in [0.1, 0.15) is 0 Å². The Morgan fingerprint density at radius 2 is 1.89 bits per heavy atom. The topological polar surface area (TPSA) is 28.6 Å². The van der Waals surface area contributed by atoms with E-state index < -0.39 is 0 Å². The number of ether oxygens (including phenoxy) is 1. The van der Waals surface area contributed by atoms with Crippen LogP contribution in [-0.2, 0) is 11.3 Å². The van der Waals surface area contributed by atoms with Crippen molar-refractivity contribution in [2.75, 3.05) is 46.4 Å². The number of rotatable bonds is 5. The highest BCUT2D eigenvalue weighted by Gasteiger charge is 2.16. The molecule has 0 spiro atoms. The summed E-state index contributed by atoms with van der Waals surface area (Å²) in [6.45, 7) is 9.49. The van der Waals surface area contributed by atoms with Crippen molar-refractivity contribution in [3.8, 4) is 0 Å². The lowest BCUT2D eigenvalue weighted by Crippen LogP contribution is -2.46. The van der Waals surface area contributed by atoms with Crippen molar-refractivity contribution in [3.63, 3.8) is 0 Å². The molecule has 0 saturated carbocycles. The Hall–Kier alpha value is -0.970. The van der Waals surface area contributed by atoms with Crippen molar-refractivity contribution in [2.45, 2.75) is 13.5 Å². The zero-order chi connectivity index (χ0) is 12.8. The number of methoxy groups -OCH3 is 1. The molecule has 0 atom stereocenters. The van der Waals surface area contributed by atoms with Gasteiger partial charge in [-0.05, 0) is 18.6 Å². The summed E-state index contributed by atoms with van der Waals surface area (Å²) in [5.74, 6) is 0. The fourth-order valence-electron chi connectivity index (χ4n) is 2.24. The fourth-order valence-corrected chi connectivity index (χ4v) is 2.24. The first-order chi connectivity index (χ1) is 8.78. The molecule has 0 radical (unpaired) electrons. The molecule has 0 aromatic carbocycles. The molecular formula is C14H23N3O. The van der Waals surface area contributed by atoms with Crippen LogP contribution in [0.4, 0.5) is 0 Å². The number of aromatic nitrogens is 1. The van der Waals surface area contributed by atoms with Crippen molar-refractivity contribution in [1.29, 1.82) is 0 Å². The van der Waals surface area contributed by atoms with Gasteiger partial charge >= 0.3 is 0 Å². The predicted octanol–water partition coefficient (Wildman–Crippen LogP) is 1.15. The van der Waals surface area contributed by atoms with Gasteiger partial charge in [-0.3, -0.25) is 14.8 Å². The third kappa shape index (κ3) is 4.05. The molecule has 0 unspecified atom stereocenters. The highest BCUT2D eigenvalue weighted by Crippen LogP contribution is 2.08. The second-order valence-electron chi connectivity index (χ2n) is 4.92. The summed E-state index contributed by atoms with van der Waals surface area (Å²) >= 11 is 0. The Balaban J connectivity index is 1.74. The van der Waals surface area contributed by atoms with Crippen LogP contribution in [0.3, 0.4) is 0 Å². The molecule has 2 heterocycles. The van der Waals surface area contributed by atoms with Gasteiger partial charge in [0, 0.05) is 58.3 Å². The number of aryl methyl sites for hydroxylation is 1. The molecule has 4 nitrogen and oxygen atoms in total. The van der Waals surface area contributed by atoms with Crippen LogP contribution in [0.15, 0.2) is 18.3 Å². The Labute approximate surface area is 110 Å². The first kappa shape index (κ1) is 13.5. The maximum absolute atomic E-state index is 5.11. The highest BCUT2D eigenvalue weighted by atomic mass is 16.5. The first-order valence-electron chi connectivity index (χ1n) is 6.63. The Bertz CT molecular complexity index is 345. The van der Waals surface area contributed by atoms with Gasteiger partial charge in [0.15, 0.2) is 0 Å². The minimum Gasteiger partial charge on any atom is -0.383 e. The predicted molar refractivity (Wildman–Crippen MR) is 72.6 cm³/mol. The smallest absolute Gasteiger partial charge is 0.0589 e. The van der Waals surface area contributed by atoms with E-state index in [1.807, 2.05) is 13.1 Å². The molecule has 1 aromatic rings. The molecule has 2 rings (SSSR count). The Morgan fingerprint density at radius 1 is 1.17 bits per heavy atom. The summed E-state index contributed by atoms with van der Waals surface area (Å²) in [7, 11) is 1.76. The van der Waals surface area contributed by atoms with Crippen LogP contribution in [0.2, 0.25) is 0 Å².